The van der Waals surface area contributed by atoms with Gasteiger partial charge in [-0.15, -0.1) is 0 Å². The molecular weight excluding hydrogens is 336 g/mol. The first-order valence-corrected chi connectivity index (χ1v) is 9.41. The van der Waals surface area contributed by atoms with Crippen LogP contribution in [0.5, 0.6) is 5.75 Å². The maximum absolute atomic E-state index is 5.56. The van der Waals surface area contributed by atoms with Crippen LogP contribution in [-0.2, 0) is 6.54 Å². The molecule has 1 aromatic carbocycles. The van der Waals surface area contributed by atoms with E-state index in [1.807, 2.05) is 36.5 Å². The Bertz CT molecular complexity index is 884. The monoisotopic (exact) mass is 360 g/mol. The minimum atomic E-state index is 0.357. The number of hydrogen-bond donors (Lipinski definition) is 0. The van der Waals surface area contributed by atoms with Crippen molar-refractivity contribution in [3.63, 3.8) is 0 Å². The summed E-state index contributed by atoms with van der Waals surface area (Å²) < 4.78 is 5.56. The zero-order valence-corrected chi connectivity index (χ0v) is 15.6. The van der Waals surface area contributed by atoms with Crippen LogP contribution < -0.4 is 4.74 Å². The summed E-state index contributed by atoms with van der Waals surface area (Å²) in [5.74, 6) is 1.19. The number of piperidine rings is 1. The molecule has 1 fully saturated rings. The van der Waals surface area contributed by atoms with E-state index in [9.17, 15) is 0 Å². The second kappa shape index (κ2) is 8.27. The quantitative estimate of drug-likeness (QED) is 0.690. The maximum atomic E-state index is 5.56. The highest BCUT2D eigenvalue weighted by atomic mass is 16.5. The molecule has 3 heterocycles. The number of nitrogens with zero attached hydrogens (tertiary/aromatic N) is 4. The average Bonchev–Trinajstić information content (AvgIpc) is 2.75. The Hall–Kier alpha value is -2.79. The van der Waals surface area contributed by atoms with Gasteiger partial charge in [0.05, 0.1) is 24.2 Å². The number of aromatic nitrogens is 3. The summed E-state index contributed by atoms with van der Waals surface area (Å²) in [5.41, 5.74) is 4.11. The van der Waals surface area contributed by atoms with Crippen molar-refractivity contribution in [1.29, 1.82) is 0 Å². The Morgan fingerprint density at radius 2 is 1.85 bits per heavy atom. The Balaban J connectivity index is 1.60. The van der Waals surface area contributed by atoms with E-state index >= 15 is 0 Å². The number of para-hydroxylation sites is 1. The van der Waals surface area contributed by atoms with Gasteiger partial charge >= 0.3 is 0 Å². The Kier molecular flexibility index (Phi) is 5.39. The minimum absolute atomic E-state index is 0.357. The van der Waals surface area contributed by atoms with Crippen LogP contribution in [-0.4, -0.2) is 40.1 Å². The van der Waals surface area contributed by atoms with Crippen molar-refractivity contribution >= 4 is 0 Å². The average molecular weight is 360 g/mol. The van der Waals surface area contributed by atoms with Crippen LogP contribution in [0.15, 0.2) is 61.1 Å². The van der Waals surface area contributed by atoms with Gasteiger partial charge in [0.2, 0.25) is 0 Å². The molecular formula is C22H24N4O. The molecule has 0 bridgehead atoms. The molecule has 1 saturated heterocycles. The normalized spacial score (nSPS) is 17.6. The van der Waals surface area contributed by atoms with Crippen molar-refractivity contribution in [2.45, 2.75) is 25.3 Å². The highest BCUT2D eigenvalue weighted by molar-refractivity contribution is 5.69. The van der Waals surface area contributed by atoms with Gasteiger partial charge in [-0.2, -0.15) is 0 Å². The third kappa shape index (κ3) is 3.98. The van der Waals surface area contributed by atoms with Gasteiger partial charge in [-0.3, -0.25) is 19.9 Å². The minimum Gasteiger partial charge on any atom is -0.496 e. The molecule has 0 spiro atoms. The largest absolute Gasteiger partial charge is 0.496 e. The van der Waals surface area contributed by atoms with Crippen molar-refractivity contribution in [2.24, 2.45) is 0 Å². The highest BCUT2D eigenvalue weighted by Crippen LogP contribution is 2.35. The van der Waals surface area contributed by atoms with Gasteiger partial charge in [0.1, 0.15) is 5.75 Å². The van der Waals surface area contributed by atoms with Gasteiger partial charge in [-0.1, -0.05) is 18.2 Å². The van der Waals surface area contributed by atoms with Gasteiger partial charge in [0, 0.05) is 43.2 Å². The van der Waals surface area contributed by atoms with Crippen LogP contribution in [0, 0.1) is 0 Å². The number of hydrogen-bond acceptors (Lipinski definition) is 5. The molecule has 5 nitrogen and oxygen atoms in total. The fourth-order valence-electron chi connectivity index (χ4n) is 3.84. The van der Waals surface area contributed by atoms with Crippen LogP contribution in [0.3, 0.4) is 0 Å². The Morgan fingerprint density at radius 1 is 1.00 bits per heavy atom. The molecule has 1 atom stereocenters. The summed E-state index contributed by atoms with van der Waals surface area (Å²) in [6, 6.07) is 14.1. The second-order valence-corrected chi connectivity index (χ2v) is 6.89. The smallest absolute Gasteiger partial charge is 0.128 e. The summed E-state index contributed by atoms with van der Waals surface area (Å²) in [5, 5.41) is 0. The molecule has 0 saturated carbocycles. The summed E-state index contributed by atoms with van der Waals surface area (Å²) in [4.78, 5) is 16.3. The van der Waals surface area contributed by atoms with E-state index in [0.29, 0.717) is 5.92 Å². The van der Waals surface area contributed by atoms with E-state index in [1.54, 1.807) is 19.5 Å². The Labute approximate surface area is 160 Å². The number of likely N-dealkylation sites (tertiary alicyclic amines) is 1. The fourth-order valence-corrected chi connectivity index (χ4v) is 3.84. The SMILES string of the molecule is COc1ccccc1-c1nccnc1C1CCCN(Cc2ccccn2)C1. The van der Waals surface area contributed by atoms with Gasteiger partial charge in [0.25, 0.3) is 0 Å². The topological polar surface area (TPSA) is 51.1 Å². The van der Waals surface area contributed by atoms with Crippen LogP contribution in [0.2, 0.25) is 0 Å². The van der Waals surface area contributed by atoms with E-state index in [2.05, 4.69) is 27.0 Å². The van der Waals surface area contributed by atoms with Crippen molar-refractivity contribution in [1.82, 2.24) is 19.9 Å². The molecule has 2 aromatic heterocycles. The Morgan fingerprint density at radius 3 is 2.70 bits per heavy atom. The highest BCUT2D eigenvalue weighted by Gasteiger charge is 2.26. The molecule has 0 N–H and O–H groups in total. The van der Waals surface area contributed by atoms with Gasteiger partial charge in [0.15, 0.2) is 0 Å². The van der Waals surface area contributed by atoms with E-state index in [0.717, 1.165) is 60.9 Å². The number of pyridine rings is 1. The molecule has 0 amide bonds. The summed E-state index contributed by atoms with van der Waals surface area (Å²) >= 11 is 0. The summed E-state index contributed by atoms with van der Waals surface area (Å²) in [6.45, 7) is 2.94. The van der Waals surface area contributed by atoms with Crippen LogP contribution in [0.4, 0.5) is 0 Å². The van der Waals surface area contributed by atoms with Crippen molar-refractivity contribution < 1.29 is 4.74 Å². The first-order chi connectivity index (χ1) is 13.3. The van der Waals surface area contributed by atoms with Crippen molar-refractivity contribution in [3.8, 4) is 17.0 Å². The van der Waals surface area contributed by atoms with Crippen molar-refractivity contribution in [3.05, 3.63) is 72.4 Å². The predicted molar refractivity (Wildman–Crippen MR) is 106 cm³/mol. The molecule has 27 heavy (non-hydrogen) atoms. The fraction of sp³-hybridized carbons (Fsp3) is 0.318. The predicted octanol–water partition coefficient (Wildman–Crippen LogP) is 3.93. The lowest BCUT2D eigenvalue weighted by Crippen LogP contribution is -2.34. The number of benzene rings is 1. The van der Waals surface area contributed by atoms with Crippen molar-refractivity contribution in [2.75, 3.05) is 20.2 Å². The summed E-state index contributed by atoms with van der Waals surface area (Å²) in [7, 11) is 1.70. The zero-order chi connectivity index (χ0) is 18.5. The van der Waals surface area contributed by atoms with Crippen LogP contribution >= 0.6 is 0 Å². The first kappa shape index (κ1) is 17.6. The van der Waals surface area contributed by atoms with E-state index < -0.39 is 0 Å². The van der Waals surface area contributed by atoms with Gasteiger partial charge in [-0.25, -0.2) is 0 Å². The molecule has 0 radical (unpaired) electrons. The molecule has 5 heteroatoms. The molecule has 1 aliphatic heterocycles. The van der Waals surface area contributed by atoms with Crippen LogP contribution in [0.25, 0.3) is 11.3 Å². The zero-order valence-electron chi connectivity index (χ0n) is 15.6. The van der Waals surface area contributed by atoms with Gasteiger partial charge < -0.3 is 4.74 Å². The molecule has 0 aliphatic carbocycles. The second-order valence-electron chi connectivity index (χ2n) is 6.89. The number of rotatable bonds is 5. The number of ether oxygens (including phenoxy) is 1. The molecule has 1 unspecified atom stereocenters. The maximum Gasteiger partial charge on any atom is 0.128 e. The number of methoxy groups -OCH3 is 1. The first-order valence-electron chi connectivity index (χ1n) is 9.41. The molecule has 1 aliphatic rings. The van der Waals surface area contributed by atoms with Gasteiger partial charge in [-0.05, 0) is 43.7 Å². The standard InChI is InChI=1S/C22H24N4O/c1-27-20-10-3-2-9-19(20)22-21(24-12-13-25-22)17-7-6-14-26(15-17)16-18-8-4-5-11-23-18/h2-5,8-13,17H,6-7,14-16H2,1H3. The third-order valence-corrected chi connectivity index (χ3v) is 5.09. The lowest BCUT2D eigenvalue weighted by atomic mass is 9.91. The lowest BCUT2D eigenvalue weighted by Gasteiger charge is -2.32. The molecule has 138 valence electrons. The lowest BCUT2D eigenvalue weighted by molar-refractivity contribution is 0.196. The van der Waals surface area contributed by atoms with Crippen LogP contribution in [0.1, 0.15) is 30.1 Å². The molecule has 4 rings (SSSR count). The summed E-state index contributed by atoms with van der Waals surface area (Å²) in [6.07, 6.45) is 7.70. The van der Waals surface area contributed by atoms with E-state index in [4.69, 9.17) is 9.72 Å². The van der Waals surface area contributed by atoms with E-state index in [1.165, 1.54) is 0 Å². The van der Waals surface area contributed by atoms with E-state index in [-0.39, 0.29) is 0 Å². The molecule has 3 aromatic rings. The third-order valence-electron chi connectivity index (χ3n) is 5.09.